The molecule has 5 nitrogen and oxygen atoms in total. The van der Waals surface area contributed by atoms with E-state index in [1.807, 2.05) is 0 Å². The number of nitrogens with two attached hydrogens (primary N) is 1. The Labute approximate surface area is 120 Å². The van der Waals surface area contributed by atoms with Gasteiger partial charge < -0.3 is 5.32 Å². The lowest BCUT2D eigenvalue weighted by Gasteiger charge is -2.08. The summed E-state index contributed by atoms with van der Waals surface area (Å²) >= 11 is 5.99. The molecule has 6 heteroatoms. The predicted octanol–water partition coefficient (Wildman–Crippen LogP) is 3.43. The highest BCUT2D eigenvalue weighted by Crippen LogP contribution is 2.19. The van der Waals surface area contributed by atoms with E-state index in [-0.39, 0.29) is 0 Å². The van der Waals surface area contributed by atoms with E-state index in [1.54, 1.807) is 0 Å². The molecule has 1 rings (SSSR count). The van der Waals surface area contributed by atoms with Crippen molar-refractivity contribution in [1.29, 1.82) is 0 Å². The van der Waals surface area contributed by atoms with Gasteiger partial charge in [-0.3, -0.25) is 5.43 Å². The van der Waals surface area contributed by atoms with Crippen LogP contribution in [0.4, 0.5) is 11.8 Å². The summed E-state index contributed by atoms with van der Waals surface area (Å²) in [5.41, 5.74) is 2.40. The first-order valence-corrected chi connectivity index (χ1v) is 7.24. The number of rotatable bonds is 9. The number of halogens is 1. The monoisotopic (exact) mass is 285 g/mol. The maximum absolute atomic E-state index is 5.99. The smallest absolute Gasteiger partial charge is 0.239 e. The molecule has 0 aromatic carbocycles. The Balaban J connectivity index is 2.18. The summed E-state index contributed by atoms with van der Waals surface area (Å²) in [5, 5.41) is 3.72. The van der Waals surface area contributed by atoms with Gasteiger partial charge in [-0.25, -0.2) is 10.8 Å². The fourth-order valence-electron chi connectivity index (χ4n) is 1.80. The second-order valence-electron chi connectivity index (χ2n) is 5.06. The van der Waals surface area contributed by atoms with Crippen molar-refractivity contribution in [3.8, 4) is 0 Å². The zero-order valence-corrected chi connectivity index (χ0v) is 12.5. The molecule has 0 bridgehead atoms. The van der Waals surface area contributed by atoms with Crippen molar-refractivity contribution >= 4 is 23.4 Å². The molecule has 1 aromatic rings. The predicted molar refractivity (Wildman–Crippen MR) is 81.3 cm³/mol. The van der Waals surface area contributed by atoms with Gasteiger partial charge in [-0.2, -0.15) is 4.98 Å². The minimum Gasteiger partial charge on any atom is -0.369 e. The Kier molecular flexibility index (Phi) is 7.52. The van der Waals surface area contributed by atoms with E-state index >= 15 is 0 Å². The van der Waals surface area contributed by atoms with Crippen molar-refractivity contribution in [2.75, 3.05) is 17.3 Å². The molecule has 0 aliphatic rings. The van der Waals surface area contributed by atoms with Gasteiger partial charge in [0.1, 0.15) is 5.02 Å². The maximum Gasteiger partial charge on any atom is 0.239 e. The molecule has 0 saturated heterocycles. The molecular weight excluding hydrogens is 262 g/mol. The summed E-state index contributed by atoms with van der Waals surface area (Å²) in [7, 11) is 0. The van der Waals surface area contributed by atoms with E-state index in [9.17, 15) is 0 Å². The number of nitrogen functional groups attached to an aromatic ring is 1. The summed E-state index contributed by atoms with van der Waals surface area (Å²) in [6.07, 6.45) is 7.79. The molecule has 0 fully saturated rings. The van der Waals surface area contributed by atoms with Crippen LogP contribution >= 0.6 is 11.6 Å². The van der Waals surface area contributed by atoms with Gasteiger partial charge in [0.15, 0.2) is 5.82 Å². The minimum atomic E-state index is 0.365. The number of nitrogens with zero attached hydrogens (tertiary/aromatic N) is 2. The van der Waals surface area contributed by atoms with Gasteiger partial charge in [-0.05, 0) is 12.3 Å². The maximum atomic E-state index is 5.99. The Morgan fingerprint density at radius 2 is 2.00 bits per heavy atom. The molecule has 1 heterocycles. The molecule has 108 valence electrons. The van der Waals surface area contributed by atoms with Crippen LogP contribution in [0.3, 0.4) is 0 Å². The number of hydrogen-bond donors (Lipinski definition) is 3. The van der Waals surface area contributed by atoms with Crippen LogP contribution in [0.25, 0.3) is 0 Å². The van der Waals surface area contributed by atoms with Gasteiger partial charge >= 0.3 is 0 Å². The molecule has 0 saturated carbocycles. The van der Waals surface area contributed by atoms with E-state index in [0.29, 0.717) is 16.8 Å². The van der Waals surface area contributed by atoms with E-state index < -0.39 is 0 Å². The average molecular weight is 286 g/mol. The summed E-state index contributed by atoms with van der Waals surface area (Å²) in [6, 6.07) is 0. The standard InChI is InChI=1S/C13H24ClN5/c1-10(2)7-5-3-4-6-8-16-12-11(14)9-17-13(18-12)19-15/h9-10H,3-8,15H2,1-2H3,(H2,16,17,18,19). The first-order valence-electron chi connectivity index (χ1n) is 6.86. The molecule has 19 heavy (non-hydrogen) atoms. The molecule has 0 aliphatic carbocycles. The number of anilines is 2. The molecular formula is C13H24ClN5. The molecule has 4 N–H and O–H groups in total. The van der Waals surface area contributed by atoms with Gasteiger partial charge in [-0.1, -0.05) is 51.1 Å². The van der Waals surface area contributed by atoms with Crippen LogP contribution in [-0.4, -0.2) is 16.5 Å². The molecule has 0 amide bonds. The summed E-state index contributed by atoms with van der Waals surface area (Å²) < 4.78 is 0. The third-order valence-corrected chi connectivity index (χ3v) is 3.15. The quantitative estimate of drug-likeness (QED) is 0.368. The molecule has 0 aliphatic heterocycles. The first-order chi connectivity index (χ1) is 9.13. The summed E-state index contributed by atoms with van der Waals surface area (Å²) in [5.74, 6) is 7.06. The number of hydrazine groups is 1. The van der Waals surface area contributed by atoms with Crippen molar-refractivity contribution < 1.29 is 0 Å². The zero-order valence-electron chi connectivity index (χ0n) is 11.7. The van der Waals surface area contributed by atoms with Crippen LogP contribution in [0.15, 0.2) is 6.20 Å². The zero-order chi connectivity index (χ0) is 14.1. The van der Waals surface area contributed by atoms with Crippen LogP contribution in [0.5, 0.6) is 0 Å². The highest BCUT2D eigenvalue weighted by Gasteiger charge is 2.03. The summed E-state index contributed by atoms with van der Waals surface area (Å²) in [6.45, 7) is 5.39. The van der Waals surface area contributed by atoms with Crippen molar-refractivity contribution in [1.82, 2.24) is 9.97 Å². The number of unbranched alkanes of at least 4 members (excludes halogenated alkanes) is 3. The fourth-order valence-corrected chi connectivity index (χ4v) is 1.96. The van der Waals surface area contributed by atoms with Crippen LogP contribution in [0.1, 0.15) is 46.0 Å². The van der Waals surface area contributed by atoms with E-state index in [1.165, 1.54) is 31.9 Å². The number of hydrogen-bond acceptors (Lipinski definition) is 5. The van der Waals surface area contributed by atoms with Gasteiger partial charge in [-0.15, -0.1) is 0 Å². The van der Waals surface area contributed by atoms with Crippen LogP contribution < -0.4 is 16.6 Å². The van der Waals surface area contributed by atoms with Crippen molar-refractivity contribution in [2.24, 2.45) is 11.8 Å². The van der Waals surface area contributed by atoms with Crippen LogP contribution in [0, 0.1) is 5.92 Å². The minimum absolute atomic E-state index is 0.365. The largest absolute Gasteiger partial charge is 0.369 e. The van der Waals surface area contributed by atoms with E-state index in [2.05, 4.69) is 34.6 Å². The van der Waals surface area contributed by atoms with Crippen molar-refractivity contribution in [3.63, 3.8) is 0 Å². The highest BCUT2D eigenvalue weighted by atomic mass is 35.5. The van der Waals surface area contributed by atoms with Crippen LogP contribution in [-0.2, 0) is 0 Å². The highest BCUT2D eigenvalue weighted by molar-refractivity contribution is 6.32. The van der Waals surface area contributed by atoms with Gasteiger partial charge in [0.25, 0.3) is 0 Å². The van der Waals surface area contributed by atoms with Crippen LogP contribution in [0.2, 0.25) is 5.02 Å². The molecule has 0 radical (unpaired) electrons. The SMILES string of the molecule is CC(C)CCCCCCNc1nc(NN)ncc1Cl. The molecule has 0 unspecified atom stereocenters. The Hall–Kier alpha value is -1.07. The van der Waals surface area contributed by atoms with Gasteiger partial charge in [0.05, 0.1) is 6.20 Å². The topological polar surface area (TPSA) is 75.9 Å². The lowest BCUT2D eigenvalue weighted by atomic mass is 10.0. The molecule has 0 spiro atoms. The summed E-state index contributed by atoms with van der Waals surface area (Å²) in [4.78, 5) is 8.08. The van der Waals surface area contributed by atoms with Crippen molar-refractivity contribution in [3.05, 3.63) is 11.2 Å². The van der Waals surface area contributed by atoms with Gasteiger partial charge in [0.2, 0.25) is 5.95 Å². The lowest BCUT2D eigenvalue weighted by molar-refractivity contribution is 0.523. The Morgan fingerprint density at radius 3 is 2.68 bits per heavy atom. The number of nitrogens with one attached hydrogen (secondary N) is 2. The number of aromatic nitrogens is 2. The fraction of sp³-hybridized carbons (Fsp3) is 0.692. The van der Waals surface area contributed by atoms with Gasteiger partial charge in [0, 0.05) is 6.54 Å². The second-order valence-corrected chi connectivity index (χ2v) is 5.47. The molecule has 1 aromatic heterocycles. The third kappa shape index (κ3) is 6.59. The average Bonchev–Trinajstić information content (AvgIpc) is 2.39. The lowest BCUT2D eigenvalue weighted by Crippen LogP contribution is -2.12. The Morgan fingerprint density at radius 1 is 1.26 bits per heavy atom. The first kappa shape index (κ1) is 16.0. The van der Waals surface area contributed by atoms with E-state index in [0.717, 1.165) is 18.9 Å². The molecule has 0 atom stereocenters. The second kappa shape index (κ2) is 8.93. The van der Waals surface area contributed by atoms with E-state index in [4.69, 9.17) is 17.4 Å². The third-order valence-electron chi connectivity index (χ3n) is 2.87. The normalized spacial score (nSPS) is 10.8. The van der Waals surface area contributed by atoms with Crippen molar-refractivity contribution in [2.45, 2.75) is 46.0 Å². The Bertz CT molecular complexity index is 370.